The van der Waals surface area contributed by atoms with Gasteiger partial charge in [0.2, 0.25) is 0 Å². The van der Waals surface area contributed by atoms with Gasteiger partial charge in [0.1, 0.15) is 17.8 Å². The quantitative estimate of drug-likeness (QED) is 0.113. The normalized spacial score (nSPS) is 15.7. The summed E-state index contributed by atoms with van der Waals surface area (Å²) in [7, 11) is 1.69. The van der Waals surface area contributed by atoms with Crippen LogP contribution in [0.15, 0.2) is 107 Å². The van der Waals surface area contributed by atoms with Crippen molar-refractivity contribution < 1.29 is 17.2 Å². The van der Waals surface area contributed by atoms with Crippen LogP contribution in [-0.4, -0.2) is 98.2 Å². The third-order valence-electron chi connectivity index (χ3n) is 10.6. The van der Waals surface area contributed by atoms with Gasteiger partial charge >= 0.3 is 0 Å². The number of sulfonamides is 1. The highest BCUT2D eigenvalue weighted by atomic mass is 35.5. The van der Waals surface area contributed by atoms with Gasteiger partial charge in [0, 0.05) is 46.4 Å². The summed E-state index contributed by atoms with van der Waals surface area (Å²) in [5.74, 6) is -1.21. The summed E-state index contributed by atoms with van der Waals surface area (Å²) in [6.45, 7) is 6.31. The number of hydrogen-bond donors (Lipinski definition) is 2. The SMILES string of the molecule is CN(C)CC[C@H](CSc1ccccc1)Nc1c(F)cc(S(=O)(=O)Nc2ncnc3c2CCN(C2CCN(C)CC2)C3)cc1F.Cc1ccccc1-c1ccc(Cl)cc1. The van der Waals surface area contributed by atoms with E-state index in [0.717, 1.165) is 65.8 Å². The molecule has 3 heterocycles. The van der Waals surface area contributed by atoms with E-state index < -0.39 is 26.6 Å². The Morgan fingerprint density at radius 1 is 0.931 bits per heavy atom. The van der Waals surface area contributed by atoms with Crippen molar-refractivity contribution in [1.29, 1.82) is 0 Å². The highest BCUT2D eigenvalue weighted by Gasteiger charge is 2.30. The zero-order valence-electron chi connectivity index (χ0n) is 33.5. The lowest BCUT2D eigenvalue weighted by Gasteiger charge is -2.39. The molecule has 7 rings (SSSR count). The van der Waals surface area contributed by atoms with Crippen LogP contribution in [0.2, 0.25) is 5.02 Å². The second-order valence-corrected chi connectivity index (χ2v) is 18.4. The smallest absolute Gasteiger partial charge is 0.263 e. The molecule has 0 aliphatic carbocycles. The number of aromatic nitrogens is 2. The summed E-state index contributed by atoms with van der Waals surface area (Å²) >= 11 is 7.43. The first-order valence-corrected chi connectivity index (χ1v) is 22.4. The molecule has 0 saturated carbocycles. The molecule has 1 saturated heterocycles. The summed E-state index contributed by atoms with van der Waals surface area (Å²) in [5, 5.41) is 3.78. The number of thioether (sulfide) groups is 1. The number of halogens is 3. The maximum atomic E-state index is 15.4. The number of piperidine rings is 1. The molecule has 0 unspecified atom stereocenters. The van der Waals surface area contributed by atoms with Crippen LogP contribution in [0.5, 0.6) is 0 Å². The average Bonchev–Trinajstić information content (AvgIpc) is 3.21. The Balaban J connectivity index is 0.000000339. The molecule has 0 amide bonds. The van der Waals surface area contributed by atoms with Gasteiger partial charge in [0.25, 0.3) is 10.0 Å². The molecule has 308 valence electrons. The van der Waals surface area contributed by atoms with Gasteiger partial charge in [0.05, 0.1) is 10.6 Å². The predicted molar refractivity (Wildman–Crippen MR) is 233 cm³/mol. The van der Waals surface area contributed by atoms with Gasteiger partial charge < -0.3 is 15.1 Å². The van der Waals surface area contributed by atoms with Crippen molar-refractivity contribution >= 4 is 44.9 Å². The molecule has 58 heavy (non-hydrogen) atoms. The van der Waals surface area contributed by atoms with E-state index in [2.05, 4.69) is 68.0 Å². The molecular formula is C44H52ClF2N7O2S2. The van der Waals surface area contributed by atoms with Crippen LogP contribution in [0.3, 0.4) is 0 Å². The van der Waals surface area contributed by atoms with E-state index in [9.17, 15) is 8.42 Å². The summed E-state index contributed by atoms with van der Waals surface area (Å²) in [6, 6.07) is 28.0. The molecule has 1 fully saturated rings. The molecule has 0 bridgehead atoms. The van der Waals surface area contributed by atoms with Crippen LogP contribution in [-0.2, 0) is 23.0 Å². The highest BCUT2D eigenvalue weighted by Crippen LogP contribution is 2.31. The number of nitrogens with one attached hydrogen (secondary N) is 2. The fourth-order valence-electron chi connectivity index (χ4n) is 7.22. The van der Waals surface area contributed by atoms with Gasteiger partial charge in [-0.1, -0.05) is 66.2 Å². The number of nitrogens with zero attached hydrogens (tertiary/aromatic N) is 5. The van der Waals surface area contributed by atoms with Crippen LogP contribution in [0, 0.1) is 18.6 Å². The number of anilines is 2. The summed E-state index contributed by atoms with van der Waals surface area (Å²) in [5.41, 5.74) is 4.93. The topological polar surface area (TPSA) is 93.7 Å². The molecule has 1 atom stereocenters. The predicted octanol–water partition coefficient (Wildman–Crippen LogP) is 8.85. The maximum Gasteiger partial charge on any atom is 0.263 e. The van der Waals surface area contributed by atoms with Crippen molar-refractivity contribution in [1.82, 2.24) is 24.7 Å². The van der Waals surface area contributed by atoms with E-state index in [-0.39, 0.29) is 17.5 Å². The first-order valence-electron chi connectivity index (χ1n) is 19.5. The van der Waals surface area contributed by atoms with Crippen LogP contribution < -0.4 is 10.0 Å². The number of rotatable bonds is 13. The van der Waals surface area contributed by atoms with Gasteiger partial charge in [-0.2, -0.15) is 0 Å². The summed E-state index contributed by atoms with van der Waals surface area (Å²) in [4.78, 5) is 15.9. The lowest BCUT2D eigenvalue weighted by molar-refractivity contribution is 0.108. The second kappa shape index (κ2) is 20.2. The zero-order valence-corrected chi connectivity index (χ0v) is 35.9. The summed E-state index contributed by atoms with van der Waals surface area (Å²) < 4.78 is 59.9. The number of benzene rings is 4. The first-order chi connectivity index (χ1) is 27.9. The number of hydrogen-bond acceptors (Lipinski definition) is 9. The van der Waals surface area contributed by atoms with E-state index in [1.807, 2.05) is 73.6 Å². The molecule has 2 aliphatic rings. The highest BCUT2D eigenvalue weighted by molar-refractivity contribution is 7.99. The molecule has 0 spiro atoms. The van der Waals surface area contributed by atoms with Gasteiger partial charge in [0.15, 0.2) is 11.6 Å². The number of aryl methyl sites for hydroxylation is 1. The minimum Gasteiger partial charge on any atom is -0.377 e. The van der Waals surface area contributed by atoms with Crippen molar-refractivity contribution in [2.45, 2.75) is 61.0 Å². The molecule has 4 aromatic carbocycles. The van der Waals surface area contributed by atoms with Gasteiger partial charge in [-0.25, -0.2) is 27.2 Å². The van der Waals surface area contributed by atoms with E-state index in [4.69, 9.17) is 11.6 Å². The Labute approximate surface area is 351 Å². The number of fused-ring (bicyclic) bond motifs is 1. The lowest BCUT2D eigenvalue weighted by atomic mass is 9.98. The lowest BCUT2D eigenvalue weighted by Crippen LogP contribution is -2.46. The standard InChI is InChI=1S/C31H41F2N7O2S2.C13H11Cl/c1-38(2)13-9-22(20-43-24-7-5-4-6-8-24)36-30-27(32)17-25(18-28(30)33)44(41,42)37-31-26-12-16-40(19-29(26)34-21-35-31)23-10-14-39(3)15-11-23;1-10-4-2-3-5-13(10)11-6-8-12(14)9-7-11/h4-8,17-18,21-23,36H,9-16,19-20H2,1-3H3,(H,34,35,37);2-9H,1H3/t22-;/m1./s1. The molecular weight excluding hydrogens is 796 g/mol. The van der Waals surface area contributed by atoms with Gasteiger partial charge in [-0.15, -0.1) is 11.8 Å². The Morgan fingerprint density at radius 3 is 2.28 bits per heavy atom. The Kier molecular flexibility index (Phi) is 15.2. The molecule has 0 radical (unpaired) electrons. The summed E-state index contributed by atoms with van der Waals surface area (Å²) in [6.07, 6.45) is 4.73. The number of likely N-dealkylation sites (tertiary alicyclic amines) is 1. The van der Waals surface area contributed by atoms with Crippen LogP contribution in [0.4, 0.5) is 20.3 Å². The van der Waals surface area contributed by atoms with E-state index >= 15 is 8.78 Å². The van der Waals surface area contributed by atoms with Crippen molar-refractivity contribution in [3.63, 3.8) is 0 Å². The minimum absolute atomic E-state index is 0.155. The Bertz CT molecular complexity index is 2200. The van der Waals surface area contributed by atoms with Crippen LogP contribution in [0.25, 0.3) is 11.1 Å². The van der Waals surface area contributed by atoms with Gasteiger partial charge in [-0.3, -0.25) is 9.62 Å². The van der Waals surface area contributed by atoms with Crippen LogP contribution in [0.1, 0.15) is 36.1 Å². The third kappa shape index (κ3) is 11.8. The second-order valence-electron chi connectivity index (χ2n) is 15.1. The molecule has 2 aliphatic heterocycles. The monoisotopic (exact) mass is 847 g/mol. The van der Waals surface area contributed by atoms with E-state index in [0.29, 0.717) is 37.7 Å². The molecule has 5 aromatic rings. The van der Waals surface area contributed by atoms with Crippen molar-refractivity contribution in [2.75, 3.05) is 63.1 Å². The van der Waals surface area contributed by atoms with Crippen molar-refractivity contribution in [3.8, 4) is 11.1 Å². The third-order valence-corrected chi connectivity index (χ3v) is 13.3. The maximum absolute atomic E-state index is 15.4. The molecule has 14 heteroatoms. The fraction of sp³-hybridized carbons (Fsp3) is 0.364. The zero-order chi connectivity index (χ0) is 41.2. The molecule has 1 aromatic heterocycles. The van der Waals surface area contributed by atoms with Crippen LogP contribution >= 0.6 is 23.4 Å². The molecule has 2 N–H and O–H groups in total. The Morgan fingerprint density at radius 2 is 1.60 bits per heavy atom. The first kappa shape index (κ1) is 43.5. The minimum atomic E-state index is -4.32. The Hall–Kier alpha value is -4.11. The average molecular weight is 849 g/mol. The van der Waals surface area contributed by atoms with Crippen molar-refractivity contribution in [2.24, 2.45) is 0 Å². The van der Waals surface area contributed by atoms with E-state index in [1.54, 1.807) is 11.8 Å². The van der Waals surface area contributed by atoms with Gasteiger partial charge in [-0.05, 0) is 126 Å². The molecule has 9 nitrogen and oxygen atoms in total. The van der Waals surface area contributed by atoms with Crippen molar-refractivity contribution in [3.05, 3.63) is 131 Å². The fourth-order valence-corrected chi connectivity index (χ4v) is 9.40. The van der Waals surface area contributed by atoms with E-state index in [1.165, 1.54) is 23.0 Å². The largest absolute Gasteiger partial charge is 0.377 e.